The maximum Gasteiger partial charge on any atom is 0.227 e. The number of aromatic nitrogens is 8. The van der Waals surface area contributed by atoms with E-state index < -0.39 is 38.2 Å². The van der Waals surface area contributed by atoms with Crippen LogP contribution in [-0.4, -0.2) is 19.9 Å². The average Bonchev–Trinajstić information content (AvgIpc) is 1.49. The predicted molar refractivity (Wildman–Crippen MR) is 440 cm³/mol. The van der Waals surface area contributed by atoms with E-state index in [1.165, 1.54) is 72.5 Å². The highest BCUT2D eigenvalue weighted by Gasteiger charge is 2.29. The standard InChI is InChI=1S/3C24H27N2O.C23H25N2O/c1-7-17-13-26(6)21(12-20(17)14(2)3)22-15(4)8-10-18-19-11-9-16(5)25-24(19)27-23(18)22;2*1-7-17-12-21(26(6)13-20(17)14(2)3)22-15(4)8-10-18-19-11-9-16(5)25-24(19)27-23(18)22;1-6-16-13-25(5)20(12-19(16)14(2)3)21-15(4)9-10-17-18-8-7-11-24-23(18)26-22(17)21/h3*8-14H,7H2,1-6H3;7-14H,6H2,1-5H3/q4*+1/i;2*2D3,7D2,14D;. The minimum atomic E-state index is -2.63. The molecule has 12 nitrogen and oxygen atoms in total. The van der Waals surface area contributed by atoms with Gasteiger partial charge in [0.2, 0.25) is 45.6 Å². The highest BCUT2D eigenvalue weighted by Crippen LogP contribution is 2.43. The van der Waals surface area contributed by atoms with Crippen LogP contribution in [0, 0.1) is 48.5 Å². The number of rotatable bonds is 12. The molecule has 16 rings (SSSR count). The first-order chi connectivity index (χ1) is 55.7. The lowest BCUT2D eigenvalue weighted by molar-refractivity contribution is -0.661. The third-order valence-electron chi connectivity index (χ3n) is 20.9. The predicted octanol–water partition coefficient (Wildman–Crippen LogP) is 22.8. The van der Waals surface area contributed by atoms with Crippen LogP contribution >= 0.6 is 0 Å². The molecule has 0 fully saturated rings. The van der Waals surface area contributed by atoms with Gasteiger partial charge in [-0.05, 0) is 191 Å². The normalized spacial score (nSPS) is 15.1. The van der Waals surface area contributed by atoms with Crippen molar-refractivity contribution in [3.05, 3.63) is 236 Å². The van der Waals surface area contributed by atoms with E-state index >= 15 is 0 Å². The molecule has 12 aromatic heterocycles. The van der Waals surface area contributed by atoms with Crippen molar-refractivity contribution in [1.29, 1.82) is 0 Å². The van der Waals surface area contributed by atoms with Crippen LogP contribution in [-0.2, 0) is 53.8 Å². The van der Waals surface area contributed by atoms with Crippen LogP contribution in [0.1, 0.15) is 207 Å². The second kappa shape index (κ2) is 30.3. The summed E-state index contributed by atoms with van der Waals surface area (Å²) in [4.78, 5) is 18.0. The molecule has 0 aliphatic carbocycles. The lowest BCUT2D eigenvalue weighted by atomic mass is 9.93. The molecule has 0 amide bonds. The van der Waals surface area contributed by atoms with Gasteiger partial charge in [-0.15, -0.1) is 0 Å². The van der Waals surface area contributed by atoms with Crippen molar-refractivity contribution >= 4 is 88.3 Å². The molecule has 0 bridgehead atoms. The number of furan rings is 4. The molecule has 107 heavy (non-hydrogen) atoms. The monoisotopic (exact) mass is 1430 g/mol. The van der Waals surface area contributed by atoms with Gasteiger partial charge in [0, 0.05) is 129 Å². The van der Waals surface area contributed by atoms with E-state index in [9.17, 15) is 0 Å². The quantitative estimate of drug-likeness (QED) is 0.111. The van der Waals surface area contributed by atoms with Crippen LogP contribution in [0.4, 0.5) is 0 Å². The number of hydrogen-bond acceptors (Lipinski definition) is 8. The number of pyridine rings is 8. The van der Waals surface area contributed by atoms with E-state index in [2.05, 4.69) is 159 Å². The molecule has 0 N–H and O–H groups in total. The Labute approximate surface area is 647 Å². The van der Waals surface area contributed by atoms with Crippen molar-refractivity contribution in [3.8, 4) is 45.0 Å². The number of nitrogens with zero attached hydrogens (tertiary/aromatic N) is 8. The summed E-state index contributed by atoms with van der Waals surface area (Å²) >= 11 is 0. The minimum absolute atomic E-state index is 0.132. The number of fused-ring (bicyclic) bond motifs is 12. The summed E-state index contributed by atoms with van der Waals surface area (Å²) in [7, 11) is 7.79. The summed E-state index contributed by atoms with van der Waals surface area (Å²) in [6.07, 6.45) is 7.81. The van der Waals surface area contributed by atoms with Crippen molar-refractivity contribution in [2.24, 2.45) is 28.2 Å². The first-order valence-electron chi connectivity index (χ1n) is 43.0. The fourth-order valence-electron chi connectivity index (χ4n) is 15.2. The molecule has 12 heteroatoms. The molecule has 0 saturated heterocycles. The van der Waals surface area contributed by atoms with Gasteiger partial charge in [-0.25, -0.2) is 38.2 Å². The Morgan fingerprint density at radius 3 is 0.972 bits per heavy atom. The Morgan fingerprint density at radius 2 is 0.664 bits per heavy atom. The second-order valence-corrected chi connectivity index (χ2v) is 29.2. The largest absolute Gasteiger partial charge is 0.437 e. The van der Waals surface area contributed by atoms with Crippen LogP contribution < -0.4 is 18.3 Å². The third-order valence-corrected chi connectivity index (χ3v) is 20.9. The van der Waals surface area contributed by atoms with Crippen LogP contribution in [0.5, 0.6) is 0 Å². The van der Waals surface area contributed by atoms with Gasteiger partial charge in [0.25, 0.3) is 0 Å². The first kappa shape index (κ1) is 60.4. The summed E-state index contributed by atoms with van der Waals surface area (Å²) in [5.41, 5.74) is 26.4. The Morgan fingerprint density at radius 1 is 0.364 bits per heavy atom. The zero-order valence-corrected chi connectivity index (χ0v) is 65.7. The Kier molecular flexibility index (Phi) is 17.1. The third kappa shape index (κ3) is 14.0. The van der Waals surface area contributed by atoms with E-state index in [1.807, 2.05) is 95.3 Å². The Balaban J connectivity index is 0.000000138. The van der Waals surface area contributed by atoms with E-state index in [-0.39, 0.29) is 22.3 Å². The van der Waals surface area contributed by atoms with Gasteiger partial charge in [0.15, 0.2) is 47.1 Å². The topological polar surface area (TPSA) is 120 Å². The van der Waals surface area contributed by atoms with Crippen molar-refractivity contribution < 1.29 is 52.4 Å². The van der Waals surface area contributed by atoms with Crippen molar-refractivity contribution in [2.75, 3.05) is 0 Å². The lowest BCUT2D eigenvalue weighted by Crippen LogP contribution is -2.32. The zero-order chi connectivity index (χ0) is 86.7. The number of hydrogen-bond donors (Lipinski definition) is 0. The van der Waals surface area contributed by atoms with Crippen LogP contribution in [0.15, 0.2) is 170 Å². The molecular formula is C95H106N8O4+4. The van der Waals surface area contributed by atoms with Crippen LogP contribution in [0.3, 0.4) is 0 Å². The fraction of sp³-hybridized carbons (Fsp3) is 0.326. The molecule has 4 aromatic carbocycles. The van der Waals surface area contributed by atoms with E-state index in [1.54, 1.807) is 54.0 Å². The smallest absolute Gasteiger partial charge is 0.227 e. The summed E-state index contributed by atoms with van der Waals surface area (Å²) in [6.45, 7) is 27.6. The molecule has 12 heterocycles. The molecule has 0 aliphatic rings. The number of benzene rings is 4. The second-order valence-electron chi connectivity index (χ2n) is 29.2. The molecule has 0 aliphatic heterocycles. The molecule has 16 aromatic rings. The molecule has 2 atom stereocenters. The molecule has 0 spiro atoms. The lowest BCUT2D eigenvalue weighted by Gasteiger charge is -2.13. The highest BCUT2D eigenvalue weighted by atomic mass is 16.4. The van der Waals surface area contributed by atoms with Gasteiger partial charge in [-0.3, -0.25) is 0 Å². The van der Waals surface area contributed by atoms with Gasteiger partial charge in [0.1, 0.15) is 28.2 Å². The van der Waals surface area contributed by atoms with Gasteiger partial charge < -0.3 is 17.7 Å². The van der Waals surface area contributed by atoms with E-state index in [0.29, 0.717) is 57.2 Å². The zero-order valence-electron chi connectivity index (χ0n) is 77.7. The molecule has 0 saturated carbocycles. The Bertz CT molecular complexity index is 6470. The average molecular weight is 1440 g/mol. The first-order valence-corrected chi connectivity index (χ1v) is 37.0. The molecule has 0 radical (unpaired) electrons. The minimum Gasteiger partial charge on any atom is -0.437 e. The molecule has 2 unspecified atom stereocenters. The fourth-order valence-corrected chi connectivity index (χ4v) is 15.2. The maximum absolute atomic E-state index is 8.61. The maximum atomic E-state index is 8.61. The van der Waals surface area contributed by atoms with Crippen LogP contribution in [0.2, 0.25) is 0 Å². The summed E-state index contributed by atoms with van der Waals surface area (Å²) < 4.78 is 131. The van der Waals surface area contributed by atoms with Crippen LogP contribution in [0.25, 0.3) is 133 Å². The van der Waals surface area contributed by atoms with Gasteiger partial charge in [0.05, 0.1) is 22.3 Å². The highest BCUT2D eigenvalue weighted by molar-refractivity contribution is 6.12. The number of aryl methyl sites for hydroxylation is 15. The van der Waals surface area contributed by atoms with Crippen molar-refractivity contribution in [2.45, 2.75) is 181 Å². The van der Waals surface area contributed by atoms with E-state index in [4.69, 9.17) is 34.1 Å². The molecular weight excluding hydrogens is 1320 g/mol. The SMILES string of the molecule is CCc1c[n+](C)c(-c2c(C)ccc3c2oc2nc(C)ccc23)cc1C(C)C.CCc1c[n+](C)c(-c2c(C)ccc3c2oc2ncccc23)cc1C(C)C.[2H]C([2H])(C)c1cc(-c2c(C)ccc3c2oc2nc(C)ccc23)[n+](C)cc1C([2H])(C)C([2H])([2H])[2H].[2H]C([2H])(C)c1cc(-c2c(C)ccc3c2oc2nc(C)ccc23)[n+](C)cc1C([2H])(C)C([2H])([2H])[2H]. The van der Waals surface area contributed by atoms with Gasteiger partial charge >= 0.3 is 0 Å². The molecule has 546 valence electrons. The van der Waals surface area contributed by atoms with E-state index in [0.717, 1.165) is 118 Å². The summed E-state index contributed by atoms with van der Waals surface area (Å²) in [6, 6.07) is 40.6. The van der Waals surface area contributed by atoms with Crippen molar-refractivity contribution in [1.82, 2.24) is 19.9 Å². The van der Waals surface area contributed by atoms with Gasteiger partial charge in [-0.2, -0.15) is 0 Å². The summed E-state index contributed by atoms with van der Waals surface area (Å²) in [5.74, 6) is -2.99. The summed E-state index contributed by atoms with van der Waals surface area (Å²) in [5, 5.41) is 7.98. The van der Waals surface area contributed by atoms with Crippen molar-refractivity contribution in [3.63, 3.8) is 0 Å². The van der Waals surface area contributed by atoms with Gasteiger partial charge in [-0.1, -0.05) is 131 Å². The Hall–Kier alpha value is -10.7.